The highest BCUT2D eigenvalue weighted by Gasteiger charge is 2.43. The van der Waals surface area contributed by atoms with E-state index in [1.165, 1.54) is 7.11 Å². The Bertz CT molecular complexity index is 1520. The van der Waals surface area contributed by atoms with Crippen LogP contribution in [0.5, 0.6) is 11.5 Å². The van der Waals surface area contributed by atoms with Crippen LogP contribution in [0.4, 0.5) is 0 Å². The van der Waals surface area contributed by atoms with E-state index < -0.39 is 11.9 Å². The van der Waals surface area contributed by atoms with E-state index in [1.807, 2.05) is 50.2 Å². The van der Waals surface area contributed by atoms with Crippen molar-refractivity contribution in [3.05, 3.63) is 110 Å². The molecule has 3 aromatic carbocycles. The van der Waals surface area contributed by atoms with Crippen LogP contribution in [0, 0.1) is 0 Å². The van der Waals surface area contributed by atoms with Crippen LogP contribution in [-0.2, 0) is 16.1 Å². The number of carbonyl (C=O) groups excluding carboxylic acids is 2. The zero-order valence-electron chi connectivity index (χ0n) is 21.1. The van der Waals surface area contributed by atoms with E-state index in [-0.39, 0.29) is 12.4 Å². The summed E-state index contributed by atoms with van der Waals surface area (Å²) in [5.41, 5.74) is 5.18. The number of dihydropyridines is 1. The van der Waals surface area contributed by atoms with Gasteiger partial charge in [0.15, 0.2) is 17.3 Å². The number of carbonyl (C=O) groups is 2. The number of esters is 1. The number of hydrogen-bond acceptors (Lipinski definition) is 6. The fourth-order valence-electron chi connectivity index (χ4n) is 4.93. The molecular weight excluding hydrogens is 525 g/mol. The van der Waals surface area contributed by atoms with Crippen LogP contribution in [0.15, 0.2) is 77.5 Å². The summed E-state index contributed by atoms with van der Waals surface area (Å²) in [6.07, 6.45) is 0. The molecule has 1 aliphatic heterocycles. The fourth-order valence-corrected chi connectivity index (χ4v) is 5.25. The molecule has 3 aromatic rings. The van der Waals surface area contributed by atoms with Crippen molar-refractivity contribution in [2.45, 2.75) is 26.4 Å². The van der Waals surface area contributed by atoms with Crippen LogP contribution in [0.2, 0.25) is 10.0 Å². The van der Waals surface area contributed by atoms with E-state index in [2.05, 4.69) is 5.32 Å². The van der Waals surface area contributed by atoms with Gasteiger partial charge in [-0.1, -0.05) is 59.6 Å². The molecule has 0 fully saturated rings. The first-order chi connectivity index (χ1) is 18.3. The molecule has 194 valence electrons. The number of halogens is 2. The minimum Gasteiger partial charge on any atom is -0.490 e. The Morgan fingerprint density at radius 3 is 2.42 bits per heavy atom. The lowest BCUT2D eigenvalue weighted by Gasteiger charge is -2.29. The first kappa shape index (κ1) is 25.9. The zero-order valence-corrected chi connectivity index (χ0v) is 22.6. The number of fused-ring (bicyclic) bond motifs is 2. The average Bonchev–Trinajstić information content (AvgIpc) is 3.20. The van der Waals surface area contributed by atoms with Crippen molar-refractivity contribution in [2.75, 3.05) is 13.7 Å². The molecular formula is C30H25Cl2NO5. The molecule has 0 radical (unpaired) electrons. The maximum absolute atomic E-state index is 13.6. The number of allylic oxidation sites excluding steroid dienone is 2. The first-order valence-electron chi connectivity index (χ1n) is 12.1. The van der Waals surface area contributed by atoms with Gasteiger partial charge in [-0.05, 0) is 49.2 Å². The Morgan fingerprint density at radius 2 is 1.71 bits per heavy atom. The highest BCUT2D eigenvalue weighted by Crippen LogP contribution is 2.48. The lowest BCUT2D eigenvalue weighted by atomic mass is 9.79. The highest BCUT2D eigenvalue weighted by molar-refractivity contribution is 6.42. The Kier molecular flexibility index (Phi) is 7.19. The molecule has 0 saturated heterocycles. The summed E-state index contributed by atoms with van der Waals surface area (Å²) in [6, 6.07) is 18.2. The van der Waals surface area contributed by atoms with Gasteiger partial charge in [-0.2, -0.15) is 0 Å². The van der Waals surface area contributed by atoms with Crippen molar-refractivity contribution in [1.82, 2.24) is 5.32 Å². The zero-order chi connectivity index (χ0) is 27.0. The number of hydrogen-bond donors (Lipinski definition) is 1. The molecule has 8 heteroatoms. The predicted molar refractivity (Wildman–Crippen MR) is 147 cm³/mol. The second kappa shape index (κ2) is 10.6. The minimum absolute atomic E-state index is 0.125. The lowest BCUT2D eigenvalue weighted by molar-refractivity contribution is -0.136. The molecule has 1 atom stereocenters. The molecule has 0 saturated carbocycles. The van der Waals surface area contributed by atoms with E-state index in [9.17, 15) is 9.59 Å². The van der Waals surface area contributed by atoms with Gasteiger partial charge < -0.3 is 19.5 Å². The van der Waals surface area contributed by atoms with E-state index in [1.54, 1.807) is 24.3 Å². The summed E-state index contributed by atoms with van der Waals surface area (Å²) in [5.74, 6) is -0.267. The van der Waals surface area contributed by atoms with Gasteiger partial charge in [0.25, 0.3) is 0 Å². The van der Waals surface area contributed by atoms with E-state index >= 15 is 0 Å². The Hall–Kier alpha value is -3.74. The molecule has 1 N–H and O–H groups in total. The van der Waals surface area contributed by atoms with Crippen LogP contribution in [0.3, 0.4) is 0 Å². The first-order valence-corrected chi connectivity index (χ1v) is 12.9. The van der Waals surface area contributed by atoms with E-state index in [0.717, 1.165) is 11.1 Å². The Morgan fingerprint density at radius 1 is 0.947 bits per heavy atom. The Labute approximate surface area is 230 Å². The summed E-state index contributed by atoms with van der Waals surface area (Å²) in [6.45, 7) is 4.34. The number of rotatable bonds is 7. The second-order valence-electron chi connectivity index (χ2n) is 8.93. The third kappa shape index (κ3) is 4.55. The molecule has 0 aromatic heterocycles. The molecule has 0 amide bonds. The fraction of sp³-hybridized carbons (Fsp3) is 0.200. The monoisotopic (exact) mass is 549 g/mol. The van der Waals surface area contributed by atoms with Crippen molar-refractivity contribution in [2.24, 2.45) is 0 Å². The standard InChI is InChI=1S/C30H25Cl2NO5/c1-4-37-24-14-18(10-12-23(24)38-15-17-9-11-21(31)22(32)13-17)26-25(30(35)36-3)16(2)33-28-19-7-5-6-8-20(19)29(34)27(26)28/h5-14,26,33H,4,15H2,1-3H3. The summed E-state index contributed by atoms with van der Waals surface area (Å²) in [4.78, 5) is 26.6. The van der Waals surface area contributed by atoms with Crippen LogP contribution in [0.25, 0.3) is 5.70 Å². The molecule has 6 nitrogen and oxygen atoms in total. The number of benzene rings is 3. The van der Waals surface area contributed by atoms with Crippen LogP contribution in [0.1, 0.15) is 46.8 Å². The average molecular weight is 550 g/mol. The molecule has 0 spiro atoms. The van der Waals surface area contributed by atoms with Crippen molar-refractivity contribution < 1.29 is 23.8 Å². The number of ketones is 1. The van der Waals surface area contributed by atoms with Gasteiger partial charge in [0.1, 0.15) is 6.61 Å². The van der Waals surface area contributed by atoms with Gasteiger partial charge in [0.2, 0.25) is 0 Å². The maximum Gasteiger partial charge on any atom is 0.336 e. The lowest BCUT2D eigenvalue weighted by Crippen LogP contribution is -2.29. The number of methoxy groups -OCH3 is 1. The Balaban J connectivity index is 1.56. The van der Waals surface area contributed by atoms with Gasteiger partial charge in [0, 0.05) is 28.3 Å². The van der Waals surface area contributed by atoms with Crippen molar-refractivity contribution in [3.63, 3.8) is 0 Å². The van der Waals surface area contributed by atoms with Gasteiger partial charge >= 0.3 is 5.97 Å². The van der Waals surface area contributed by atoms with Gasteiger partial charge in [-0.3, -0.25) is 4.79 Å². The van der Waals surface area contributed by atoms with Gasteiger partial charge in [0.05, 0.1) is 35.0 Å². The van der Waals surface area contributed by atoms with Crippen LogP contribution < -0.4 is 14.8 Å². The topological polar surface area (TPSA) is 73.9 Å². The summed E-state index contributed by atoms with van der Waals surface area (Å²) in [5, 5.41) is 4.21. The second-order valence-corrected chi connectivity index (χ2v) is 9.74. The molecule has 0 bridgehead atoms. The van der Waals surface area contributed by atoms with Crippen molar-refractivity contribution >= 4 is 40.7 Å². The SMILES string of the molecule is CCOc1cc(C2C(C(=O)OC)=C(C)NC3=C2C(=O)c2ccccc23)ccc1OCc1ccc(Cl)c(Cl)c1. The number of Topliss-reactive ketones (excluding diaryl/α,β-unsaturated/α-hetero) is 1. The molecule has 1 heterocycles. The van der Waals surface area contributed by atoms with E-state index in [0.29, 0.717) is 61.8 Å². The summed E-state index contributed by atoms with van der Waals surface area (Å²) < 4.78 is 17.1. The largest absolute Gasteiger partial charge is 0.490 e. The summed E-state index contributed by atoms with van der Waals surface area (Å²) >= 11 is 12.2. The molecule has 5 rings (SSSR count). The molecule has 1 unspecified atom stereocenters. The molecule has 38 heavy (non-hydrogen) atoms. The third-order valence-electron chi connectivity index (χ3n) is 6.63. The van der Waals surface area contributed by atoms with Crippen molar-refractivity contribution in [1.29, 1.82) is 0 Å². The number of ether oxygens (including phenoxy) is 3. The van der Waals surface area contributed by atoms with Gasteiger partial charge in [-0.25, -0.2) is 4.79 Å². The van der Waals surface area contributed by atoms with Crippen LogP contribution in [-0.4, -0.2) is 25.5 Å². The third-order valence-corrected chi connectivity index (χ3v) is 7.37. The smallest absolute Gasteiger partial charge is 0.336 e. The number of nitrogens with one attached hydrogen (secondary N) is 1. The molecule has 2 aliphatic rings. The highest BCUT2D eigenvalue weighted by atomic mass is 35.5. The molecule has 1 aliphatic carbocycles. The van der Waals surface area contributed by atoms with Gasteiger partial charge in [-0.15, -0.1) is 0 Å². The van der Waals surface area contributed by atoms with E-state index in [4.69, 9.17) is 37.4 Å². The van der Waals surface area contributed by atoms with Crippen LogP contribution >= 0.6 is 23.2 Å². The predicted octanol–water partition coefficient (Wildman–Crippen LogP) is 6.71. The normalized spacial score (nSPS) is 16.1. The maximum atomic E-state index is 13.6. The minimum atomic E-state index is -0.651. The summed E-state index contributed by atoms with van der Waals surface area (Å²) in [7, 11) is 1.33. The van der Waals surface area contributed by atoms with Crippen molar-refractivity contribution in [3.8, 4) is 11.5 Å². The quantitative estimate of drug-likeness (QED) is 0.330.